The Morgan fingerprint density at radius 1 is 1.43 bits per heavy atom. The summed E-state index contributed by atoms with van der Waals surface area (Å²) < 4.78 is 4.74. The molecule has 2 aromatic rings. The van der Waals surface area contributed by atoms with Crippen LogP contribution in [0.25, 0.3) is 0 Å². The van der Waals surface area contributed by atoms with E-state index in [4.69, 9.17) is 21.9 Å². The minimum absolute atomic E-state index is 0.435. The van der Waals surface area contributed by atoms with Gasteiger partial charge in [0.15, 0.2) is 5.82 Å². The summed E-state index contributed by atoms with van der Waals surface area (Å²) in [5, 5.41) is 4.32. The van der Waals surface area contributed by atoms with Crippen molar-refractivity contribution in [2.75, 3.05) is 5.73 Å². The Morgan fingerprint density at radius 2 is 2.29 bits per heavy atom. The van der Waals surface area contributed by atoms with E-state index in [2.05, 4.69) is 5.16 Å². The zero-order valence-electron chi connectivity index (χ0n) is 7.40. The first-order valence-corrected chi connectivity index (χ1v) is 4.56. The van der Waals surface area contributed by atoms with Gasteiger partial charge in [0.1, 0.15) is 6.26 Å². The SMILES string of the molecule is Nc1nocc1Cc1cccc(Cl)c1. The number of aromatic nitrogens is 1. The van der Waals surface area contributed by atoms with E-state index in [9.17, 15) is 0 Å². The van der Waals surface area contributed by atoms with Crippen LogP contribution in [-0.2, 0) is 6.42 Å². The number of hydrogen-bond acceptors (Lipinski definition) is 3. The maximum atomic E-state index is 5.85. The van der Waals surface area contributed by atoms with Crippen molar-refractivity contribution < 1.29 is 4.52 Å². The fraction of sp³-hybridized carbons (Fsp3) is 0.100. The summed E-state index contributed by atoms with van der Waals surface area (Å²) in [4.78, 5) is 0. The molecule has 0 amide bonds. The molecule has 0 aliphatic carbocycles. The molecule has 1 aromatic heterocycles. The van der Waals surface area contributed by atoms with Gasteiger partial charge in [0.2, 0.25) is 0 Å². The Kier molecular flexibility index (Phi) is 2.41. The van der Waals surface area contributed by atoms with Gasteiger partial charge in [-0.3, -0.25) is 0 Å². The summed E-state index contributed by atoms with van der Waals surface area (Å²) in [6, 6.07) is 7.62. The van der Waals surface area contributed by atoms with Crippen LogP contribution in [-0.4, -0.2) is 5.16 Å². The molecule has 0 spiro atoms. The van der Waals surface area contributed by atoms with Crippen molar-refractivity contribution in [1.29, 1.82) is 0 Å². The maximum absolute atomic E-state index is 5.85. The van der Waals surface area contributed by atoms with E-state index < -0.39 is 0 Å². The largest absolute Gasteiger partial charge is 0.381 e. The van der Waals surface area contributed by atoms with Crippen molar-refractivity contribution in [3.05, 3.63) is 46.7 Å². The van der Waals surface area contributed by atoms with Gasteiger partial charge < -0.3 is 10.3 Å². The van der Waals surface area contributed by atoms with Gasteiger partial charge in [0.05, 0.1) is 0 Å². The zero-order chi connectivity index (χ0) is 9.97. The molecule has 1 heterocycles. The summed E-state index contributed by atoms with van der Waals surface area (Å²) >= 11 is 5.85. The highest BCUT2D eigenvalue weighted by Gasteiger charge is 2.04. The predicted octanol–water partition coefficient (Wildman–Crippen LogP) is 2.50. The van der Waals surface area contributed by atoms with Crippen LogP contribution in [0.5, 0.6) is 0 Å². The summed E-state index contributed by atoms with van der Waals surface area (Å²) in [7, 11) is 0. The molecule has 0 fully saturated rings. The lowest BCUT2D eigenvalue weighted by Crippen LogP contribution is -1.92. The normalized spacial score (nSPS) is 10.4. The first kappa shape index (κ1) is 9.09. The lowest BCUT2D eigenvalue weighted by atomic mass is 10.1. The molecule has 14 heavy (non-hydrogen) atoms. The van der Waals surface area contributed by atoms with Crippen LogP contribution >= 0.6 is 11.6 Å². The van der Waals surface area contributed by atoms with Gasteiger partial charge in [0.25, 0.3) is 0 Å². The number of nitrogens with two attached hydrogens (primary N) is 1. The van der Waals surface area contributed by atoms with Gasteiger partial charge in [0, 0.05) is 17.0 Å². The number of benzene rings is 1. The highest BCUT2D eigenvalue weighted by atomic mass is 35.5. The predicted molar refractivity (Wildman–Crippen MR) is 55.2 cm³/mol. The lowest BCUT2D eigenvalue weighted by Gasteiger charge is -1.99. The summed E-state index contributed by atoms with van der Waals surface area (Å²) in [5.74, 6) is 0.435. The Hall–Kier alpha value is -1.48. The molecule has 0 saturated carbocycles. The van der Waals surface area contributed by atoms with Crippen molar-refractivity contribution in [2.45, 2.75) is 6.42 Å². The minimum Gasteiger partial charge on any atom is -0.381 e. The average Bonchev–Trinajstić information content (AvgIpc) is 2.52. The highest BCUT2D eigenvalue weighted by molar-refractivity contribution is 6.30. The van der Waals surface area contributed by atoms with Gasteiger partial charge in [-0.15, -0.1) is 0 Å². The molecule has 0 saturated heterocycles. The number of halogens is 1. The van der Waals surface area contributed by atoms with Crippen LogP contribution in [0.2, 0.25) is 5.02 Å². The standard InChI is InChI=1S/C10H9ClN2O/c11-9-3-1-2-7(5-9)4-8-6-14-13-10(8)12/h1-3,5-6H,4H2,(H2,12,13). The van der Waals surface area contributed by atoms with Gasteiger partial charge in [-0.2, -0.15) is 0 Å². The zero-order valence-corrected chi connectivity index (χ0v) is 8.16. The molecule has 0 unspecified atom stereocenters. The van der Waals surface area contributed by atoms with Crippen molar-refractivity contribution in [3.63, 3.8) is 0 Å². The van der Waals surface area contributed by atoms with Crippen LogP contribution in [0.15, 0.2) is 35.1 Å². The number of nitrogens with zero attached hydrogens (tertiary/aromatic N) is 1. The smallest absolute Gasteiger partial charge is 0.170 e. The first-order valence-electron chi connectivity index (χ1n) is 4.19. The third-order valence-corrected chi connectivity index (χ3v) is 2.19. The number of rotatable bonds is 2. The lowest BCUT2D eigenvalue weighted by molar-refractivity contribution is 0.422. The van der Waals surface area contributed by atoms with E-state index in [0.29, 0.717) is 12.2 Å². The van der Waals surface area contributed by atoms with Gasteiger partial charge >= 0.3 is 0 Å². The monoisotopic (exact) mass is 208 g/mol. The molecular weight excluding hydrogens is 200 g/mol. The Bertz CT molecular complexity index is 439. The average molecular weight is 209 g/mol. The molecule has 72 valence electrons. The summed E-state index contributed by atoms with van der Waals surface area (Å²) in [6.45, 7) is 0. The number of nitrogen functional groups attached to an aromatic ring is 1. The number of hydrogen-bond donors (Lipinski definition) is 1. The Balaban J connectivity index is 2.23. The molecular formula is C10H9ClN2O. The van der Waals surface area contributed by atoms with Crippen LogP contribution in [0.1, 0.15) is 11.1 Å². The molecule has 4 heteroatoms. The maximum Gasteiger partial charge on any atom is 0.170 e. The molecule has 3 nitrogen and oxygen atoms in total. The van der Waals surface area contributed by atoms with Crippen molar-refractivity contribution >= 4 is 17.4 Å². The van der Waals surface area contributed by atoms with Crippen LogP contribution in [0.4, 0.5) is 5.82 Å². The molecule has 0 aliphatic heterocycles. The third-order valence-electron chi connectivity index (χ3n) is 1.96. The van der Waals surface area contributed by atoms with E-state index in [1.54, 1.807) is 6.26 Å². The first-order chi connectivity index (χ1) is 6.75. The van der Waals surface area contributed by atoms with Crippen molar-refractivity contribution in [1.82, 2.24) is 5.16 Å². The van der Waals surface area contributed by atoms with E-state index in [0.717, 1.165) is 16.1 Å². The topological polar surface area (TPSA) is 52.0 Å². The van der Waals surface area contributed by atoms with E-state index in [1.165, 1.54) is 0 Å². The summed E-state index contributed by atoms with van der Waals surface area (Å²) in [6.07, 6.45) is 2.24. The van der Waals surface area contributed by atoms with Crippen molar-refractivity contribution in [2.24, 2.45) is 0 Å². The van der Waals surface area contributed by atoms with Crippen molar-refractivity contribution in [3.8, 4) is 0 Å². The number of anilines is 1. The molecule has 0 aliphatic rings. The van der Waals surface area contributed by atoms with E-state index >= 15 is 0 Å². The molecule has 2 rings (SSSR count). The molecule has 2 N–H and O–H groups in total. The fourth-order valence-electron chi connectivity index (χ4n) is 1.26. The van der Waals surface area contributed by atoms with Crippen LogP contribution in [0.3, 0.4) is 0 Å². The van der Waals surface area contributed by atoms with Crippen LogP contribution in [0, 0.1) is 0 Å². The second kappa shape index (κ2) is 3.72. The quantitative estimate of drug-likeness (QED) is 0.825. The van der Waals surface area contributed by atoms with E-state index in [-0.39, 0.29) is 0 Å². The molecule has 0 radical (unpaired) electrons. The highest BCUT2D eigenvalue weighted by Crippen LogP contribution is 2.17. The Labute approximate surface area is 86.5 Å². The molecule has 1 aromatic carbocycles. The van der Waals surface area contributed by atoms with Gasteiger partial charge in [-0.05, 0) is 17.7 Å². The second-order valence-corrected chi connectivity index (χ2v) is 3.47. The fourth-order valence-corrected chi connectivity index (χ4v) is 1.48. The summed E-state index contributed by atoms with van der Waals surface area (Å²) in [5.41, 5.74) is 7.56. The third kappa shape index (κ3) is 1.88. The van der Waals surface area contributed by atoms with Gasteiger partial charge in [-0.1, -0.05) is 28.9 Å². The van der Waals surface area contributed by atoms with E-state index in [1.807, 2.05) is 24.3 Å². The molecule has 0 bridgehead atoms. The van der Waals surface area contributed by atoms with Crippen LogP contribution < -0.4 is 5.73 Å². The second-order valence-electron chi connectivity index (χ2n) is 3.03. The molecule has 0 atom stereocenters. The van der Waals surface area contributed by atoms with Gasteiger partial charge in [-0.25, -0.2) is 0 Å². The Morgan fingerprint density at radius 3 is 2.93 bits per heavy atom. The minimum atomic E-state index is 0.435.